The van der Waals surface area contributed by atoms with Crippen molar-refractivity contribution in [3.8, 4) is 6.07 Å². The van der Waals surface area contributed by atoms with Gasteiger partial charge in [-0.25, -0.2) is 4.98 Å². The normalized spacial score (nSPS) is 17.0. The van der Waals surface area contributed by atoms with Crippen LogP contribution in [0.3, 0.4) is 0 Å². The number of fused-ring (bicyclic) bond motifs is 2. The van der Waals surface area contributed by atoms with Gasteiger partial charge in [0.05, 0.1) is 10.2 Å². The maximum absolute atomic E-state index is 9.03. The average Bonchev–Trinajstić information content (AvgIpc) is 3.10. The highest BCUT2D eigenvalue weighted by molar-refractivity contribution is 7.19. The van der Waals surface area contributed by atoms with E-state index in [1.807, 2.05) is 41.5 Å². The molecule has 1 heterocycles. The predicted octanol–water partition coefficient (Wildman–Crippen LogP) is 7.00. The number of nitriles is 1. The molecule has 3 heteroatoms. The fourth-order valence-electron chi connectivity index (χ4n) is 3.72. The van der Waals surface area contributed by atoms with Crippen LogP contribution in [0.1, 0.15) is 94.8 Å². The van der Waals surface area contributed by atoms with Gasteiger partial charge in [-0.2, -0.15) is 5.26 Å². The van der Waals surface area contributed by atoms with Gasteiger partial charge in [0.15, 0.2) is 5.01 Å². The number of hydrogen-bond acceptors (Lipinski definition) is 3. The van der Waals surface area contributed by atoms with Crippen molar-refractivity contribution in [1.29, 1.82) is 5.26 Å². The average molecular weight is 345 g/mol. The molecule has 0 unspecified atom stereocenters. The van der Waals surface area contributed by atoms with Crippen molar-refractivity contribution < 1.29 is 0 Å². The Balaban J connectivity index is 0.000000436. The van der Waals surface area contributed by atoms with Crippen molar-refractivity contribution in [2.75, 3.05) is 0 Å². The molecule has 1 aromatic heterocycles. The third-order valence-corrected chi connectivity index (χ3v) is 5.30. The quantitative estimate of drug-likeness (QED) is 0.515. The van der Waals surface area contributed by atoms with E-state index < -0.39 is 0 Å². The third-order valence-electron chi connectivity index (χ3n) is 4.40. The number of hydrogen-bond donors (Lipinski definition) is 0. The minimum atomic E-state index is 0.616. The van der Waals surface area contributed by atoms with Gasteiger partial charge in [-0.15, -0.1) is 11.3 Å². The van der Waals surface area contributed by atoms with E-state index in [0.29, 0.717) is 5.01 Å². The van der Waals surface area contributed by atoms with Gasteiger partial charge in [-0.05, 0) is 67.2 Å². The van der Waals surface area contributed by atoms with Crippen LogP contribution in [-0.2, 0) is 12.8 Å². The van der Waals surface area contributed by atoms with Gasteiger partial charge < -0.3 is 0 Å². The van der Waals surface area contributed by atoms with Crippen molar-refractivity contribution in [3.63, 3.8) is 0 Å². The molecule has 2 aromatic rings. The summed E-state index contributed by atoms with van der Waals surface area (Å²) in [5.74, 6) is 0.772. The number of aromatic nitrogens is 1. The lowest BCUT2D eigenvalue weighted by Gasteiger charge is -2.32. The molecule has 0 bridgehead atoms. The minimum absolute atomic E-state index is 0.616. The second-order valence-electron chi connectivity index (χ2n) is 5.39. The highest BCUT2D eigenvalue weighted by Gasteiger charge is 2.28. The number of aryl methyl sites for hydroxylation is 2. The first-order valence-electron chi connectivity index (χ1n) is 9.72. The van der Waals surface area contributed by atoms with Crippen molar-refractivity contribution in [2.24, 2.45) is 0 Å². The first-order chi connectivity index (χ1) is 11.9. The van der Waals surface area contributed by atoms with Crippen LogP contribution in [0, 0.1) is 11.3 Å². The summed E-state index contributed by atoms with van der Waals surface area (Å²) in [6.45, 7) is 12.0. The summed E-state index contributed by atoms with van der Waals surface area (Å²) >= 11 is 1.55. The van der Waals surface area contributed by atoms with Gasteiger partial charge in [-0.3, -0.25) is 0 Å². The lowest BCUT2D eigenvalue weighted by Crippen LogP contribution is -2.17. The molecule has 0 spiro atoms. The first kappa shape index (κ1) is 20.6. The zero-order chi connectivity index (χ0) is 18.1. The van der Waals surface area contributed by atoms with Crippen molar-refractivity contribution in [2.45, 2.75) is 86.0 Å². The van der Waals surface area contributed by atoms with E-state index in [0.717, 1.165) is 17.9 Å². The van der Waals surface area contributed by atoms with Crippen LogP contribution in [0.15, 0.2) is 6.07 Å². The maximum atomic E-state index is 9.03. The lowest BCUT2D eigenvalue weighted by atomic mass is 9.73. The molecule has 0 saturated heterocycles. The molecule has 1 atom stereocenters. The summed E-state index contributed by atoms with van der Waals surface area (Å²) in [6.07, 6.45) is 7.68. The number of nitrogens with zero attached hydrogens (tertiary/aromatic N) is 2. The Morgan fingerprint density at radius 1 is 1.04 bits per heavy atom. The number of rotatable bonds is 0. The van der Waals surface area contributed by atoms with Gasteiger partial charge >= 0.3 is 0 Å². The zero-order valence-corrected chi connectivity index (χ0v) is 17.0. The van der Waals surface area contributed by atoms with E-state index in [2.05, 4.69) is 17.1 Å². The van der Waals surface area contributed by atoms with E-state index >= 15 is 0 Å². The molecule has 0 saturated carbocycles. The van der Waals surface area contributed by atoms with E-state index in [4.69, 9.17) is 5.26 Å². The predicted molar refractivity (Wildman–Crippen MR) is 107 cm³/mol. The molecule has 4 rings (SSSR count). The third kappa shape index (κ3) is 3.98. The molecule has 2 aliphatic rings. The number of benzene rings is 1. The molecule has 0 fully saturated rings. The van der Waals surface area contributed by atoms with Gasteiger partial charge in [0.1, 0.15) is 6.07 Å². The Kier molecular flexibility index (Phi) is 9.00. The Morgan fingerprint density at radius 2 is 1.67 bits per heavy atom. The largest absolute Gasteiger partial charge is 0.226 e. The van der Waals surface area contributed by atoms with Crippen molar-refractivity contribution >= 4 is 21.6 Å². The van der Waals surface area contributed by atoms with Crippen LogP contribution in [0.4, 0.5) is 0 Å². The molecular weight excluding hydrogens is 312 g/mol. The first-order valence-corrected chi connectivity index (χ1v) is 10.5. The van der Waals surface area contributed by atoms with E-state index in [-0.39, 0.29) is 0 Å². The molecule has 1 aromatic carbocycles. The molecule has 0 radical (unpaired) electrons. The lowest BCUT2D eigenvalue weighted by molar-refractivity contribution is 0.478. The molecule has 24 heavy (non-hydrogen) atoms. The second kappa shape index (κ2) is 10.5. The Morgan fingerprint density at radius 3 is 2.29 bits per heavy atom. The molecule has 0 amide bonds. The Bertz CT molecular complexity index is 677. The van der Waals surface area contributed by atoms with Crippen molar-refractivity contribution in [3.05, 3.63) is 27.8 Å². The number of thiazole rings is 1. The molecule has 132 valence electrons. The summed E-state index contributed by atoms with van der Waals surface area (Å²) in [6, 6.07) is 4.50. The summed E-state index contributed by atoms with van der Waals surface area (Å²) < 4.78 is 1.22. The minimum Gasteiger partial charge on any atom is -0.226 e. The topological polar surface area (TPSA) is 36.7 Å². The van der Waals surface area contributed by atoms with Gasteiger partial charge in [0, 0.05) is 0 Å². The van der Waals surface area contributed by atoms with Gasteiger partial charge in [0.25, 0.3) is 0 Å². The highest BCUT2D eigenvalue weighted by atomic mass is 32.1. The van der Waals surface area contributed by atoms with Crippen LogP contribution < -0.4 is 0 Å². The molecule has 0 aliphatic heterocycles. The second-order valence-corrected chi connectivity index (χ2v) is 6.42. The summed E-state index contributed by atoms with van der Waals surface area (Å²) in [5.41, 5.74) is 5.74. The van der Waals surface area contributed by atoms with Crippen molar-refractivity contribution in [1.82, 2.24) is 4.98 Å². The van der Waals surface area contributed by atoms with Crippen LogP contribution in [-0.4, -0.2) is 4.98 Å². The monoisotopic (exact) mass is 344 g/mol. The fraction of sp³-hybridized carbons (Fsp3) is 0.619. The highest BCUT2D eigenvalue weighted by Crippen LogP contribution is 2.44. The van der Waals surface area contributed by atoms with Crippen LogP contribution in [0.25, 0.3) is 10.2 Å². The fourth-order valence-corrected chi connectivity index (χ4v) is 4.57. The smallest absolute Gasteiger partial charge is 0.195 e. The summed E-state index contributed by atoms with van der Waals surface area (Å²) in [5, 5.41) is 9.65. The SMILES string of the molecule is CC.CC.CC.N#Cc1nc2c3c4c(cc2s1)CCC[C@@H]4CCC3. The van der Waals surface area contributed by atoms with E-state index in [1.54, 1.807) is 22.5 Å². The molecular formula is C21H32N2S. The van der Waals surface area contributed by atoms with Gasteiger partial charge in [-0.1, -0.05) is 41.5 Å². The zero-order valence-electron chi connectivity index (χ0n) is 16.2. The van der Waals surface area contributed by atoms with Gasteiger partial charge in [0.2, 0.25) is 0 Å². The molecule has 0 N–H and O–H groups in total. The summed E-state index contributed by atoms with van der Waals surface area (Å²) in [4.78, 5) is 4.54. The van der Waals surface area contributed by atoms with E-state index in [1.165, 1.54) is 42.4 Å². The molecule has 2 aliphatic carbocycles. The Labute approximate surface area is 151 Å². The van der Waals surface area contributed by atoms with Crippen LogP contribution in [0.2, 0.25) is 0 Å². The van der Waals surface area contributed by atoms with Crippen LogP contribution >= 0.6 is 11.3 Å². The Hall–Kier alpha value is -1.40. The standard InChI is InChI=1S/C15H14N2S.3C2H6/c16-8-13-17-15-11-6-2-4-9-3-1-5-10(14(9)11)7-12(15)18-13;3*1-2/h7,9H,1-6H2;3*1-2H3/t9-;;;/m1.../s1. The maximum Gasteiger partial charge on any atom is 0.195 e. The molecule has 2 nitrogen and oxygen atoms in total. The van der Waals surface area contributed by atoms with Crippen LogP contribution in [0.5, 0.6) is 0 Å². The summed E-state index contributed by atoms with van der Waals surface area (Å²) in [7, 11) is 0. The van der Waals surface area contributed by atoms with E-state index in [9.17, 15) is 0 Å².